The normalized spacial score (nSPS) is 11.4. The minimum absolute atomic E-state index is 0.0752. The van der Waals surface area contributed by atoms with Crippen molar-refractivity contribution in [1.82, 2.24) is 0 Å². The Bertz CT molecular complexity index is 1180. The lowest BCUT2D eigenvalue weighted by Gasteiger charge is -2.09. The van der Waals surface area contributed by atoms with Crippen molar-refractivity contribution in [2.75, 3.05) is 152 Å². The van der Waals surface area contributed by atoms with Crippen molar-refractivity contribution in [1.29, 1.82) is 0 Å². The van der Waals surface area contributed by atoms with Crippen molar-refractivity contribution in [3.63, 3.8) is 0 Å². The van der Waals surface area contributed by atoms with Gasteiger partial charge in [-0.3, -0.25) is 9.59 Å². The van der Waals surface area contributed by atoms with Crippen molar-refractivity contribution in [3.8, 4) is 5.75 Å². The summed E-state index contributed by atoms with van der Waals surface area (Å²) in [4.78, 5) is 23.3. The Morgan fingerprint density at radius 3 is 0.967 bits per heavy atom. The fourth-order valence-electron chi connectivity index (χ4n) is 4.63. The number of hydrogen-bond donors (Lipinski definition) is 0. The van der Waals surface area contributed by atoms with E-state index < -0.39 is 47.2 Å². The SMILES string of the molecule is CCCCCCCCC(=O)OCCOCCOCCOCCOCCOCCOCCOCCOCCOCCOCCOCCC(=O)Oc1c(F)c(F)c(F)c(F)c1F. The van der Waals surface area contributed by atoms with E-state index in [1.165, 1.54) is 25.7 Å². The lowest BCUT2D eigenvalue weighted by Crippen LogP contribution is -2.16. The van der Waals surface area contributed by atoms with Gasteiger partial charge in [0.05, 0.1) is 152 Å². The summed E-state index contributed by atoms with van der Waals surface area (Å²) in [6.45, 7) is 10.2. The van der Waals surface area contributed by atoms with Gasteiger partial charge in [-0.05, 0) is 6.42 Å². The number of halogens is 5. The second-order valence-electron chi connectivity index (χ2n) is 12.6. The largest absolute Gasteiger partial charge is 0.463 e. The van der Waals surface area contributed by atoms with Crippen LogP contribution >= 0.6 is 0 Å². The summed E-state index contributed by atoms with van der Waals surface area (Å²) in [5, 5.41) is 0. The molecule has 1 aromatic rings. The topological polar surface area (TPSA) is 154 Å². The highest BCUT2D eigenvalue weighted by atomic mass is 19.2. The van der Waals surface area contributed by atoms with Gasteiger partial charge in [0.25, 0.3) is 0 Å². The zero-order valence-corrected chi connectivity index (χ0v) is 34.9. The Hall–Kier alpha value is -2.63. The molecule has 350 valence electrons. The smallest absolute Gasteiger partial charge is 0.313 e. The third-order valence-corrected chi connectivity index (χ3v) is 7.78. The van der Waals surface area contributed by atoms with Crippen LogP contribution in [0.1, 0.15) is 58.3 Å². The molecule has 0 atom stereocenters. The van der Waals surface area contributed by atoms with Gasteiger partial charge in [-0.2, -0.15) is 8.78 Å². The molecule has 0 fully saturated rings. The summed E-state index contributed by atoms with van der Waals surface area (Å²) in [5.74, 6) is -14.3. The summed E-state index contributed by atoms with van der Waals surface area (Å²) < 4.78 is 135. The predicted octanol–water partition coefficient (Wildman–Crippen LogP) is 5.15. The predicted molar refractivity (Wildman–Crippen MR) is 204 cm³/mol. The van der Waals surface area contributed by atoms with Gasteiger partial charge in [-0.1, -0.05) is 39.0 Å². The molecular formula is C40H65F5O15. The second-order valence-corrected chi connectivity index (χ2v) is 12.6. The van der Waals surface area contributed by atoms with E-state index in [4.69, 9.17) is 56.8 Å². The molecule has 0 radical (unpaired) electrons. The molecule has 0 amide bonds. The second kappa shape index (κ2) is 40.4. The summed E-state index contributed by atoms with van der Waals surface area (Å²) in [6, 6.07) is 0. The molecular weight excluding hydrogens is 815 g/mol. The quantitative estimate of drug-likeness (QED) is 0.0212. The monoisotopic (exact) mass is 880 g/mol. The van der Waals surface area contributed by atoms with Gasteiger partial charge in [0.15, 0.2) is 0 Å². The summed E-state index contributed by atoms with van der Waals surface area (Å²) in [6.07, 6.45) is 6.80. The molecule has 15 nitrogen and oxygen atoms in total. The molecule has 0 bridgehead atoms. The minimum Gasteiger partial charge on any atom is -0.463 e. The van der Waals surface area contributed by atoms with E-state index in [1.807, 2.05) is 0 Å². The highest BCUT2D eigenvalue weighted by molar-refractivity contribution is 5.72. The van der Waals surface area contributed by atoms with Crippen LogP contribution in [0.5, 0.6) is 5.75 Å². The zero-order chi connectivity index (χ0) is 43.7. The molecule has 0 aliphatic rings. The fourth-order valence-corrected chi connectivity index (χ4v) is 4.63. The van der Waals surface area contributed by atoms with E-state index in [2.05, 4.69) is 11.7 Å². The lowest BCUT2D eigenvalue weighted by atomic mass is 10.1. The van der Waals surface area contributed by atoms with Crippen molar-refractivity contribution < 1.29 is 93.1 Å². The zero-order valence-electron chi connectivity index (χ0n) is 34.9. The average molecular weight is 881 g/mol. The molecule has 0 aliphatic heterocycles. The van der Waals surface area contributed by atoms with Crippen LogP contribution in [0.2, 0.25) is 0 Å². The Labute approximate surface area is 349 Å². The van der Waals surface area contributed by atoms with Gasteiger partial charge in [-0.15, -0.1) is 0 Å². The van der Waals surface area contributed by atoms with E-state index in [1.54, 1.807) is 0 Å². The summed E-state index contributed by atoms with van der Waals surface area (Å²) in [7, 11) is 0. The van der Waals surface area contributed by atoms with Crippen molar-refractivity contribution >= 4 is 11.9 Å². The molecule has 0 saturated carbocycles. The molecule has 0 aromatic heterocycles. The Morgan fingerprint density at radius 2 is 0.617 bits per heavy atom. The molecule has 0 heterocycles. The van der Waals surface area contributed by atoms with E-state index >= 15 is 0 Å². The van der Waals surface area contributed by atoms with E-state index in [0.29, 0.717) is 125 Å². The molecule has 0 aliphatic carbocycles. The molecule has 60 heavy (non-hydrogen) atoms. The van der Waals surface area contributed by atoms with Gasteiger partial charge in [0.2, 0.25) is 34.8 Å². The number of ether oxygens (including phenoxy) is 13. The number of rotatable bonds is 44. The van der Waals surface area contributed by atoms with Gasteiger partial charge in [0.1, 0.15) is 6.61 Å². The van der Waals surface area contributed by atoms with Crippen molar-refractivity contribution in [2.45, 2.75) is 58.3 Å². The number of hydrogen-bond acceptors (Lipinski definition) is 15. The number of carbonyl (C=O) groups excluding carboxylic acids is 2. The molecule has 20 heteroatoms. The average Bonchev–Trinajstić information content (AvgIpc) is 3.24. The highest BCUT2D eigenvalue weighted by Crippen LogP contribution is 2.29. The lowest BCUT2D eigenvalue weighted by molar-refractivity contribution is -0.145. The first kappa shape index (κ1) is 55.4. The van der Waals surface area contributed by atoms with Crippen molar-refractivity contribution in [2.24, 2.45) is 0 Å². The maximum Gasteiger partial charge on any atom is 0.313 e. The summed E-state index contributed by atoms with van der Waals surface area (Å²) in [5.41, 5.74) is 0. The van der Waals surface area contributed by atoms with Gasteiger partial charge in [0, 0.05) is 6.42 Å². The third-order valence-electron chi connectivity index (χ3n) is 7.78. The standard InChI is InChI=1S/C40H65F5O15/c1-2-3-4-5-6-7-8-33(46)59-32-31-58-30-29-57-28-27-56-26-25-55-24-23-54-22-21-53-20-19-52-18-17-51-16-15-50-14-13-49-12-11-48-10-9-34(47)60-40-38(44)36(42)35(41)37(43)39(40)45/h2-32H2,1H3. The molecule has 1 aromatic carbocycles. The molecule has 0 unspecified atom stereocenters. The number of unbranched alkanes of at least 4 members (excludes halogenated alkanes) is 5. The van der Waals surface area contributed by atoms with Crippen LogP contribution in [0.4, 0.5) is 22.0 Å². The Balaban J connectivity index is 1.70. The first-order valence-corrected chi connectivity index (χ1v) is 20.5. The van der Waals surface area contributed by atoms with Crippen LogP contribution < -0.4 is 4.74 Å². The highest BCUT2D eigenvalue weighted by Gasteiger charge is 2.28. The van der Waals surface area contributed by atoms with Gasteiger partial charge in [-0.25, -0.2) is 13.2 Å². The minimum atomic E-state index is -2.35. The third kappa shape index (κ3) is 31.3. The molecule has 0 spiro atoms. The first-order valence-electron chi connectivity index (χ1n) is 20.5. The fraction of sp³-hybridized carbons (Fsp3) is 0.800. The van der Waals surface area contributed by atoms with E-state index in [0.717, 1.165) is 12.8 Å². The van der Waals surface area contributed by atoms with Gasteiger partial charge >= 0.3 is 11.9 Å². The van der Waals surface area contributed by atoms with E-state index in [-0.39, 0.29) is 39.0 Å². The van der Waals surface area contributed by atoms with Crippen LogP contribution in [-0.2, 0) is 66.4 Å². The summed E-state index contributed by atoms with van der Waals surface area (Å²) >= 11 is 0. The molecule has 1 rings (SSSR count). The molecule has 0 N–H and O–H groups in total. The van der Waals surface area contributed by atoms with Crippen LogP contribution in [-0.4, -0.2) is 164 Å². The maximum atomic E-state index is 13.6. The van der Waals surface area contributed by atoms with E-state index in [9.17, 15) is 31.5 Å². The van der Waals surface area contributed by atoms with Crippen molar-refractivity contribution in [3.05, 3.63) is 29.1 Å². The van der Waals surface area contributed by atoms with Crippen LogP contribution in [0.25, 0.3) is 0 Å². The first-order chi connectivity index (χ1) is 29.3. The van der Waals surface area contributed by atoms with Crippen LogP contribution in [0.15, 0.2) is 0 Å². The maximum absolute atomic E-state index is 13.6. The number of carbonyl (C=O) groups is 2. The Morgan fingerprint density at radius 1 is 0.333 bits per heavy atom. The number of benzene rings is 1. The van der Waals surface area contributed by atoms with Gasteiger partial charge < -0.3 is 61.6 Å². The Kier molecular flexibility index (Phi) is 37.3. The van der Waals surface area contributed by atoms with Crippen LogP contribution in [0, 0.1) is 29.1 Å². The van der Waals surface area contributed by atoms with Crippen LogP contribution in [0.3, 0.4) is 0 Å². The number of esters is 2. The molecule has 0 saturated heterocycles.